The Bertz CT molecular complexity index is 1320. The second-order valence-corrected chi connectivity index (χ2v) is 7.98. The van der Waals surface area contributed by atoms with Crippen molar-refractivity contribution < 1.29 is 4.79 Å². The zero-order valence-corrected chi connectivity index (χ0v) is 18.2. The lowest BCUT2D eigenvalue weighted by Crippen LogP contribution is -2.22. The average Bonchev–Trinajstić information content (AvgIpc) is 2.70. The molecular weight excluding hydrogens is 501 g/mol. The summed E-state index contributed by atoms with van der Waals surface area (Å²) in [5.74, 6) is 0.278. The van der Waals surface area contributed by atoms with Gasteiger partial charge in [0, 0.05) is 3.57 Å². The largest absolute Gasteiger partial charge is 0.321 e. The van der Waals surface area contributed by atoms with Crippen molar-refractivity contribution in [2.45, 2.75) is 6.92 Å². The van der Waals surface area contributed by atoms with E-state index in [-0.39, 0.29) is 11.5 Å². The van der Waals surface area contributed by atoms with E-state index in [0.29, 0.717) is 38.7 Å². The normalized spacial score (nSPS) is 10.9. The van der Waals surface area contributed by atoms with Gasteiger partial charge in [0.25, 0.3) is 11.5 Å². The number of hydrogen-bond acceptors (Lipinski definition) is 3. The number of carbonyl (C=O) groups excluding carboxylic acids is 1. The van der Waals surface area contributed by atoms with E-state index in [4.69, 9.17) is 11.6 Å². The van der Waals surface area contributed by atoms with Gasteiger partial charge in [-0.1, -0.05) is 35.9 Å². The fourth-order valence-corrected chi connectivity index (χ4v) is 3.93. The molecule has 0 unspecified atom stereocenters. The van der Waals surface area contributed by atoms with Crippen LogP contribution >= 0.6 is 34.2 Å². The van der Waals surface area contributed by atoms with Gasteiger partial charge in [-0.25, -0.2) is 4.98 Å². The lowest BCUT2D eigenvalue weighted by molar-refractivity contribution is 0.102. The minimum Gasteiger partial charge on any atom is -0.321 e. The number of para-hydroxylation sites is 1. The van der Waals surface area contributed by atoms with Gasteiger partial charge in [0.05, 0.1) is 32.9 Å². The van der Waals surface area contributed by atoms with Gasteiger partial charge in [-0.15, -0.1) is 0 Å². The van der Waals surface area contributed by atoms with Crippen molar-refractivity contribution in [3.8, 4) is 5.69 Å². The van der Waals surface area contributed by atoms with Crippen molar-refractivity contribution >= 4 is 56.7 Å². The molecule has 3 aromatic carbocycles. The molecule has 0 bridgehead atoms. The van der Waals surface area contributed by atoms with Crippen molar-refractivity contribution in [1.29, 1.82) is 0 Å². The molecule has 0 saturated carbocycles. The highest BCUT2D eigenvalue weighted by Gasteiger charge is 2.14. The van der Waals surface area contributed by atoms with Gasteiger partial charge in [0.2, 0.25) is 0 Å². The van der Waals surface area contributed by atoms with Gasteiger partial charge in [-0.2, -0.15) is 0 Å². The van der Waals surface area contributed by atoms with Crippen molar-refractivity contribution in [2.24, 2.45) is 0 Å². The molecule has 0 aliphatic heterocycles. The zero-order chi connectivity index (χ0) is 20.5. The number of aryl methyl sites for hydroxylation is 1. The first-order valence-electron chi connectivity index (χ1n) is 8.80. The molecule has 0 atom stereocenters. The van der Waals surface area contributed by atoms with E-state index in [0.717, 1.165) is 3.57 Å². The van der Waals surface area contributed by atoms with Crippen LogP contribution in [0.3, 0.4) is 0 Å². The number of anilines is 1. The number of amides is 1. The van der Waals surface area contributed by atoms with E-state index in [1.54, 1.807) is 49.4 Å². The van der Waals surface area contributed by atoms with E-state index < -0.39 is 0 Å². The Labute approximate surface area is 185 Å². The number of halogens is 2. The first kappa shape index (κ1) is 19.6. The number of carbonyl (C=O) groups is 1. The monoisotopic (exact) mass is 515 g/mol. The third-order valence-electron chi connectivity index (χ3n) is 4.52. The smallest absolute Gasteiger partial charge is 0.265 e. The number of benzene rings is 3. The molecular formula is C22H15ClIN3O2. The highest BCUT2D eigenvalue weighted by atomic mass is 127. The van der Waals surface area contributed by atoms with Gasteiger partial charge in [0.15, 0.2) is 0 Å². The Morgan fingerprint density at radius 1 is 1.07 bits per heavy atom. The summed E-state index contributed by atoms with van der Waals surface area (Å²) < 4.78 is 2.35. The molecule has 0 aliphatic carbocycles. The summed E-state index contributed by atoms with van der Waals surface area (Å²) in [6.45, 7) is 1.77. The van der Waals surface area contributed by atoms with E-state index in [2.05, 4.69) is 32.9 Å². The van der Waals surface area contributed by atoms with E-state index in [1.807, 2.05) is 24.3 Å². The van der Waals surface area contributed by atoms with Crippen molar-refractivity contribution in [1.82, 2.24) is 9.55 Å². The number of nitrogens with zero attached hydrogens (tertiary/aromatic N) is 2. The van der Waals surface area contributed by atoms with Crippen molar-refractivity contribution in [2.75, 3.05) is 5.32 Å². The summed E-state index contributed by atoms with van der Waals surface area (Å²) >= 11 is 8.42. The van der Waals surface area contributed by atoms with E-state index >= 15 is 0 Å². The predicted octanol–water partition coefficient (Wildman–Crippen LogP) is 5.20. The molecule has 4 aromatic rings. The number of fused-ring (bicyclic) bond motifs is 1. The highest BCUT2D eigenvalue weighted by molar-refractivity contribution is 14.1. The summed E-state index contributed by atoms with van der Waals surface area (Å²) in [6, 6.07) is 19.6. The molecule has 0 saturated heterocycles. The lowest BCUT2D eigenvalue weighted by Gasteiger charge is -2.14. The number of nitrogens with one attached hydrogen (secondary N) is 1. The molecule has 1 heterocycles. The van der Waals surface area contributed by atoms with Crippen LogP contribution in [0.15, 0.2) is 71.5 Å². The summed E-state index contributed by atoms with van der Waals surface area (Å²) in [6.07, 6.45) is 0. The van der Waals surface area contributed by atoms with Gasteiger partial charge in [-0.3, -0.25) is 14.2 Å². The van der Waals surface area contributed by atoms with Gasteiger partial charge >= 0.3 is 0 Å². The fourth-order valence-electron chi connectivity index (χ4n) is 3.13. The first-order valence-corrected chi connectivity index (χ1v) is 10.3. The molecule has 4 rings (SSSR count). The van der Waals surface area contributed by atoms with Crippen LogP contribution < -0.4 is 10.9 Å². The second kappa shape index (κ2) is 7.96. The van der Waals surface area contributed by atoms with Crippen LogP contribution in [0.1, 0.15) is 16.2 Å². The third kappa shape index (κ3) is 3.77. The van der Waals surface area contributed by atoms with Crippen LogP contribution in [-0.2, 0) is 0 Å². The standard InChI is InChI=1S/C22H15ClIN3O2/c1-13-25-19-9-5-3-7-16(19)22(29)27(13)14-10-11-17(23)20(12-14)26-21(28)15-6-2-4-8-18(15)24/h2-12H,1H3,(H,26,28). The molecule has 5 nitrogen and oxygen atoms in total. The van der Waals surface area contributed by atoms with Gasteiger partial charge in [-0.05, 0) is 72.0 Å². The Morgan fingerprint density at radius 2 is 1.79 bits per heavy atom. The molecule has 1 N–H and O–H groups in total. The molecule has 1 aromatic heterocycles. The number of rotatable bonds is 3. The molecule has 1 amide bonds. The van der Waals surface area contributed by atoms with Crippen LogP contribution in [-0.4, -0.2) is 15.5 Å². The SMILES string of the molecule is Cc1nc2ccccc2c(=O)n1-c1ccc(Cl)c(NC(=O)c2ccccc2I)c1. The molecule has 0 spiro atoms. The summed E-state index contributed by atoms with van der Waals surface area (Å²) in [4.78, 5) is 30.3. The predicted molar refractivity (Wildman–Crippen MR) is 124 cm³/mol. The maximum Gasteiger partial charge on any atom is 0.265 e. The maximum absolute atomic E-state index is 13.0. The molecule has 0 fully saturated rings. The Kier molecular flexibility index (Phi) is 5.38. The van der Waals surface area contributed by atoms with Gasteiger partial charge in [0.1, 0.15) is 5.82 Å². The van der Waals surface area contributed by atoms with Gasteiger partial charge < -0.3 is 5.32 Å². The topological polar surface area (TPSA) is 64.0 Å². The van der Waals surface area contributed by atoms with Crippen LogP contribution in [0.4, 0.5) is 5.69 Å². The Balaban J connectivity index is 1.78. The lowest BCUT2D eigenvalue weighted by atomic mass is 10.2. The number of aromatic nitrogens is 2. The third-order valence-corrected chi connectivity index (χ3v) is 5.79. The molecule has 0 aliphatic rings. The molecule has 29 heavy (non-hydrogen) atoms. The second-order valence-electron chi connectivity index (χ2n) is 6.41. The average molecular weight is 516 g/mol. The molecule has 144 valence electrons. The zero-order valence-electron chi connectivity index (χ0n) is 15.3. The summed E-state index contributed by atoms with van der Waals surface area (Å²) in [5.41, 5.74) is 2.02. The highest BCUT2D eigenvalue weighted by Crippen LogP contribution is 2.26. The van der Waals surface area contributed by atoms with Crippen LogP contribution in [0, 0.1) is 10.5 Å². The van der Waals surface area contributed by atoms with Crippen molar-refractivity contribution in [3.63, 3.8) is 0 Å². The Morgan fingerprint density at radius 3 is 2.59 bits per heavy atom. The molecule has 7 heteroatoms. The summed E-state index contributed by atoms with van der Waals surface area (Å²) in [7, 11) is 0. The van der Waals surface area contributed by atoms with Crippen LogP contribution in [0.25, 0.3) is 16.6 Å². The fraction of sp³-hybridized carbons (Fsp3) is 0.0455. The first-order chi connectivity index (χ1) is 14.0. The minimum atomic E-state index is -0.269. The van der Waals surface area contributed by atoms with Crippen molar-refractivity contribution in [3.05, 3.63) is 97.1 Å². The maximum atomic E-state index is 13.0. The quantitative estimate of drug-likeness (QED) is 0.381. The van der Waals surface area contributed by atoms with E-state index in [9.17, 15) is 9.59 Å². The number of hydrogen-bond donors (Lipinski definition) is 1. The minimum absolute atomic E-state index is 0.176. The van der Waals surface area contributed by atoms with E-state index in [1.165, 1.54) is 4.57 Å². The Hall–Kier alpha value is -2.71. The van der Waals surface area contributed by atoms with Crippen LogP contribution in [0.2, 0.25) is 5.02 Å². The molecule has 0 radical (unpaired) electrons. The van der Waals surface area contributed by atoms with Crippen LogP contribution in [0.5, 0.6) is 0 Å². The summed E-state index contributed by atoms with van der Waals surface area (Å²) in [5, 5.41) is 3.75.